The number of carbonyl (C=O) groups is 1. The fraction of sp³-hybridized carbons (Fsp3) is 0.400. The van der Waals surface area contributed by atoms with Crippen LogP contribution in [0.2, 0.25) is 0 Å². The molecule has 9 heteroatoms. The lowest BCUT2D eigenvalue weighted by Crippen LogP contribution is -2.18. The Morgan fingerprint density at radius 3 is 2.83 bits per heavy atom. The van der Waals surface area contributed by atoms with Gasteiger partial charge < -0.3 is 10.2 Å². The van der Waals surface area contributed by atoms with Crippen LogP contribution in [0.1, 0.15) is 29.5 Å². The minimum Gasteiger partial charge on any atom is -0.363 e. The molecular formula is C15H20N8O. The Kier molecular flexibility index (Phi) is 4.15. The monoisotopic (exact) mass is 328 g/mol. The fourth-order valence-electron chi connectivity index (χ4n) is 2.38. The van der Waals surface area contributed by atoms with E-state index >= 15 is 0 Å². The van der Waals surface area contributed by atoms with E-state index in [2.05, 4.69) is 25.7 Å². The van der Waals surface area contributed by atoms with Crippen LogP contribution in [0.15, 0.2) is 18.3 Å². The number of hydrogen-bond acceptors (Lipinski definition) is 6. The molecule has 126 valence electrons. The van der Waals surface area contributed by atoms with Gasteiger partial charge in [-0.1, -0.05) is 12.1 Å². The van der Waals surface area contributed by atoms with Gasteiger partial charge in [0.25, 0.3) is 5.91 Å². The Labute approximate surface area is 139 Å². The van der Waals surface area contributed by atoms with Gasteiger partial charge in [-0.15, -0.1) is 5.10 Å². The van der Waals surface area contributed by atoms with E-state index in [9.17, 15) is 4.79 Å². The number of nitrogens with one attached hydrogen (secondary N) is 1. The van der Waals surface area contributed by atoms with Gasteiger partial charge in [0.2, 0.25) is 0 Å². The second-order valence-electron chi connectivity index (χ2n) is 5.77. The molecule has 0 unspecified atom stereocenters. The van der Waals surface area contributed by atoms with Crippen LogP contribution in [0.5, 0.6) is 0 Å². The largest absolute Gasteiger partial charge is 0.363 e. The molecule has 1 amide bonds. The SMILES string of the molecule is CCCn1cc(C(=O)Nc2cc(N(C)C)n3nc(C)cc3n2)nn1. The van der Waals surface area contributed by atoms with E-state index in [1.807, 2.05) is 38.9 Å². The molecule has 9 nitrogen and oxygen atoms in total. The van der Waals surface area contributed by atoms with Gasteiger partial charge in [0.15, 0.2) is 11.3 Å². The number of carbonyl (C=O) groups excluding carboxylic acids is 1. The Hall–Kier alpha value is -2.97. The smallest absolute Gasteiger partial charge is 0.278 e. The first-order chi connectivity index (χ1) is 11.5. The Morgan fingerprint density at radius 1 is 1.33 bits per heavy atom. The lowest BCUT2D eigenvalue weighted by Gasteiger charge is -2.15. The van der Waals surface area contributed by atoms with Crippen molar-refractivity contribution >= 4 is 23.2 Å². The number of anilines is 2. The zero-order valence-electron chi connectivity index (χ0n) is 14.2. The molecule has 3 heterocycles. The number of hydrogen-bond donors (Lipinski definition) is 1. The van der Waals surface area contributed by atoms with Crippen molar-refractivity contribution < 1.29 is 4.79 Å². The van der Waals surface area contributed by atoms with Crippen LogP contribution in [-0.2, 0) is 6.54 Å². The van der Waals surface area contributed by atoms with Crippen molar-refractivity contribution in [3.8, 4) is 0 Å². The summed E-state index contributed by atoms with van der Waals surface area (Å²) in [6.45, 7) is 4.67. The highest BCUT2D eigenvalue weighted by atomic mass is 16.2. The fourth-order valence-corrected chi connectivity index (χ4v) is 2.38. The maximum atomic E-state index is 12.4. The van der Waals surface area contributed by atoms with Gasteiger partial charge in [-0.25, -0.2) is 4.98 Å². The summed E-state index contributed by atoms with van der Waals surface area (Å²) < 4.78 is 3.39. The second kappa shape index (κ2) is 6.26. The Bertz CT molecular complexity index is 879. The topological polar surface area (TPSA) is 93.2 Å². The van der Waals surface area contributed by atoms with Gasteiger partial charge in [0, 0.05) is 32.8 Å². The van der Waals surface area contributed by atoms with Gasteiger partial charge in [0.1, 0.15) is 11.6 Å². The molecule has 24 heavy (non-hydrogen) atoms. The number of amides is 1. The minimum absolute atomic E-state index is 0.265. The van der Waals surface area contributed by atoms with E-state index in [-0.39, 0.29) is 11.6 Å². The van der Waals surface area contributed by atoms with Crippen molar-refractivity contribution in [1.82, 2.24) is 29.6 Å². The zero-order chi connectivity index (χ0) is 17.3. The van der Waals surface area contributed by atoms with Crippen LogP contribution in [0, 0.1) is 6.92 Å². The van der Waals surface area contributed by atoms with Crippen LogP contribution >= 0.6 is 0 Å². The summed E-state index contributed by atoms with van der Waals surface area (Å²) in [4.78, 5) is 18.7. The summed E-state index contributed by atoms with van der Waals surface area (Å²) in [5, 5.41) is 15.0. The van der Waals surface area contributed by atoms with Crippen LogP contribution in [0.25, 0.3) is 5.65 Å². The number of fused-ring (bicyclic) bond motifs is 1. The maximum absolute atomic E-state index is 12.4. The van der Waals surface area contributed by atoms with E-state index in [4.69, 9.17) is 0 Å². The summed E-state index contributed by atoms with van der Waals surface area (Å²) in [5.74, 6) is 0.925. The Balaban J connectivity index is 1.89. The summed E-state index contributed by atoms with van der Waals surface area (Å²) in [6.07, 6.45) is 2.56. The zero-order valence-corrected chi connectivity index (χ0v) is 14.2. The number of nitrogens with zero attached hydrogens (tertiary/aromatic N) is 7. The highest BCUT2D eigenvalue weighted by Gasteiger charge is 2.15. The predicted molar refractivity (Wildman–Crippen MR) is 90.3 cm³/mol. The highest BCUT2D eigenvalue weighted by Crippen LogP contribution is 2.19. The molecule has 0 saturated carbocycles. The van der Waals surface area contributed by atoms with E-state index in [1.165, 1.54) is 0 Å². The first kappa shape index (κ1) is 15.9. The summed E-state index contributed by atoms with van der Waals surface area (Å²) in [6, 6.07) is 3.63. The van der Waals surface area contributed by atoms with Crippen LogP contribution in [0.4, 0.5) is 11.6 Å². The molecule has 3 rings (SSSR count). The first-order valence-electron chi connectivity index (χ1n) is 7.74. The standard InChI is InChI=1S/C15H20N8O/c1-5-6-22-9-11(18-20-22)15(24)17-12-8-14(21(3)4)23-13(16-12)7-10(2)19-23/h7-9H,5-6H2,1-4H3,(H,16,17,24). The third-order valence-electron chi connectivity index (χ3n) is 3.45. The Morgan fingerprint density at radius 2 is 2.12 bits per heavy atom. The van der Waals surface area contributed by atoms with Gasteiger partial charge in [-0.05, 0) is 13.3 Å². The van der Waals surface area contributed by atoms with Gasteiger partial charge in [0.05, 0.1) is 11.9 Å². The van der Waals surface area contributed by atoms with Crippen LogP contribution in [0.3, 0.4) is 0 Å². The second-order valence-corrected chi connectivity index (χ2v) is 5.77. The van der Waals surface area contributed by atoms with E-state index < -0.39 is 0 Å². The summed E-state index contributed by atoms with van der Waals surface area (Å²) >= 11 is 0. The highest BCUT2D eigenvalue weighted by molar-refractivity contribution is 6.02. The number of aryl methyl sites for hydroxylation is 2. The molecule has 0 fully saturated rings. The van der Waals surface area contributed by atoms with Crippen LogP contribution < -0.4 is 10.2 Å². The van der Waals surface area contributed by atoms with Crippen LogP contribution in [-0.4, -0.2) is 49.6 Å². The normalized spacial score (nSPS) is 11.0. The summed E-state index contributed by atoms with van der Waals surface area (Å²) in [5.41, 5.74) is 1.79. The molecule has 0 radical (unpaired) electrons. The van der Waals surface area contributed by atoms with Crippen molar-refractivity contribution in [2.45, 2.75) is 26.8 Å². The first-order valence-corrected chi connectivity index (χ1v) is 7.74. The van der Waals surface area contributed by atoms with Gasteiger partial charge in [-0.3, -0.25) is 9.48 Å². The molecule has 0 aromatic carbocycles. The minimum atomic E-state index is -0.338. The van der Waals surface area contributed by atoms with Crippen molar-refractivity contribution in [1.29, 1.82) is 0 Å². The molecule has 0 aliphatic heterocycles. The quantitative estimate of drug-likeness (QED) is 0.760. The lowest BCUT2D eigenvalue weighted by atomic mass is 10.4. The molecule has 0 aliphatic rings. The molecule has 0 saturated heterocycles. The van der Waals surface area contributed by atoms with Crippen molar-refractivity contribution in [3.63, 3.8) is 0 Å². The third kappa shape index (κ3) is 3.05. The molecule has 0 spiro atoms. The lowest BCUT2D eigenvalue weighted by molar-refractivity contribution is 0.102. The average Bonchev–Trinajstić information content (AvgIpc) is 3.12. The molecule has 1 N–H and O–H groups in total. The number of aromatic nitrogens is 6. The molecule has 3 aromatic heterocycles. The molecule has 0 atom stereocenters. The average molecular weight is 328 g/mol. The maximum Gasteiger partial charge on any atom is 0.278 e. The predicted octanol–water partition coefficient (Wildman–Crippen LogP) is 1.36. The molecule has 0 aliphatic carbocycles. The number of rotatable bonds is 5. The van der Waals surface area contributed by atoms with Crippen molar-refractivity contribution in [2.24, 2.45) is 0 Å². The van der Waals surface area contributed by atoms with Crippen molar-refractivity contribution in [3.05, 3.63) is 29.7 Å². The molecular weight excluding hydrogens is 308 g/mol. The van der Waals surface area contributed by atoms with Gasteiger partial charge >= 0.3 is 0 Å². The third-order valence-corrected chi connectivity index (χ3v) is 3.45. The van der Waals surface area contributed by atoms with E-state index in [1.54, 1.807) is 21.5 Å². The van der Waals surface area contributed by atoms with E-state index in [0.717, 1.165) is 24.5 Å². The molecule has 0 bridgehead atoms. The van der Waals surface area contributed by atoms with E-state index in [0.29, 0.717) is 11.5 Å². The van der Waals surface area contributed by atoms with Gasteiger partial charge in [-0.2, -0.15) is 9.61 Å². The molecule has 3 aromatic rings. The van der Waals surface area contributed by atoms with Crippen molar-refractivity contribution in [2.75, 3.05) is 24.3 Å². The summed E-state index contributed by atoms with van der Waals surface area (Å²) in [7, 11) is 3.82.